The lowest BCUT2D eigenvalue weighted by Crippen LogP contribution is -2.37. The summed E-state index contributed by atoms with van der Waals surface area (Å²) < 4.78 is 0. The molecule has 0 aliphatic carbocycles. The molecule has 0 fully saturated rings. The van der Waals surface area contributed by atoms with Gasteiger partial charge < -0.3 is 5.32 Å². The van der Waals surface area contributed by atoms with Crippen LogP contribution in [0, 0.1) is 0 Å². The van der Waals surface area contributed by atoms with Crippen LogP contribution in [0.1, 0.15) is 24.2 Å². The van der Waals surface area contributed by atoms with Gasteiger partial charge in [-0.15, -0.1) is 0 Å². The Bertz CT molecular complexity index is 335. The number of Topliss-reactive ketones (excluding diaryl/α,β-unsaturated/α-hetero) is 1. The van der Waals surface area contributed by atoms with Crippen molar-refractivity contribution in [2.24, 2.45) is 0 Å². The fourth-order valence-electron chi connectivity index (χ4n) is 0.885. The van der Waals surface area contributed by atoms with E-state index >= 15 is 0 Å². The zero-order chi connectivity index (χ0) is 10.6. The molecule has 1 unspecified atom stereocenters. The number of nitrogens with zero attached hydrogens (tertiary/aromatic N) is 1. The minimum Gasteiger partial charge on any atom is -0.343 e. The third-order valence-corrected chi connectivity index (χ3v) is 1.90. The number of hydrogen-bond acceptors (Lipinski definition) is 3. The van der Waals surface area contributed by atoms with Gasteiger partial charge >= 0.3 is 0 Å². The Balaban J connectivity index is 2.64. The monoisotopic (exact) mass is 192 g/mol. The van der Waals surface area contributed by atoms with E-state index in [0.29, 0.717) is 5.56 Å². The summed E-state index contributed by atoms with van der Waals surface area (Å²) in [7, 11) is 0. The van der Waals surface area contributed by atoms with Crippen LogP contribution in [0.2, 0.25) is 0 Å². The Morgan fingerprint density at radius 2 is 1.93 bits per heavy atom. The van der Waals surface area contributed by atoms with Crippen LogP contribution in [0.15, 0.2) is 24.5 Å². The number of aromatic nitrogens is 1. The van der Waals surface area contributed by atoms with Crippen molar-refractivity contribution in [3.05, 3.63) is 30.1 Å². The highest BCUT2D eigenvalue weighted by Gasteiger charge is 2.11. The fraction of sp³-hybridized carbons (Fsp3) is 0.300. The molecule has 74 valence electrons. The molecule has 0 saturated carbocycles. The van der Waals surface area contributed by atoms with Crippen LogP contribution < -0.4 is 5.32 Å². The van der Waals surface area contributed by atoms with E-state index in [2.05, 4.69) is 10.3 Å². The molecule has 14 heavy (non-hydrogen) atoms. The van der Waals surface area contributed by atoms with Crippen LogP contribution in [0.5, 0.6) is 0 Å². The number of ketones is 1. The minimum atomic E-state index is -0.448. The molecule has 0 saturated heterocycles. The molecule has 1 rings (SSSR count). The first-order chi connectivity index (χ1) is 6.61. The van der Waals surface area contributed by atoms with Crippen LogP contribution in [-0.4, -0.2) is 22.7 Å². The zero-order valence-corrected chi connectivity index (χ0v) is 8.15. The van der Waals surface area contributed by atoms with E-state index in [9.17, 15) is 9.59 Å². The van der Waals surface area contributed by atoms with Crippen LogP contribution in [0.3, 0.4) is 0 Å². The topological polar surface area (TPSA) is 59.1 Å². The molecule has 4 heteroatoms. The van der Waals surface area contributed by atoms with Crippen molar-refractivity contribution in [1.82, 2.24) is 10.3 Å². The van der Waals surface area contributed by atoms with Gasteiger partial charge in [-0.25, -0.2) is 0 Å². The summed E-state index contributed by atoms with van der Waals surface area (Å²) in [6.07, 6.45) is 3.07. The van der Waals surface area contributed by atoms with Gasteiger partial charge in [-0.3, -0.25) is 14.6 Å². The van der Waals surface area contributed by atoms with Crippen LogP contribution in [0.25, 0.3) is 0 Å². The smallest absolute Gasteiger partial charge is 0.251 e. The van der Waals surface area contributed by atoms with Crippen molar-refractivity contribution in [2.45, 2.75) is 19.9 Å². The van der Waals surface area contributed by atoms with Gasteiger partial charge in [0.25, 0.3) is 5.91 Å². The average Bonchev–Trinajstić information content (AvgIpc) is 2.19. The molecule has 4 nitrogen and oxygen atoms in total. The number of carbonyl (C=O) groups excluding carboxylic acids is 2. The van der Waals surface area contributed by atoms with Crippen molar-refractivity contribution in [2.75, 3.05) is 0 Å². The number of pyridine rings is 1. The van der Waals surface area contributed by atoms with Crippen LogP contribution in [0.4, 0.5) is 0 Å². The lowest BCUT2D eigenvalue weighted by molar-refractivity contribution is -0.118. The van der Waals surface area contributed by atoms with Crippen molar-refractivity contribution in [1.29, 1.82) is 0 Å². The zero-order valence-electron chi connectivity index (χ0n) is 8.15. The molecule has 0 aliphatic rings. The summed E-state index contributed by atoms with van der Waals surface area (Å²) in [4.78, 5) is 26.1. The molecule has 1 N–H and O–H groups in total. The number of amides is 1. The van der Waals surface area contributed by atoms with E-state index in [-0.39, 0.29) is 11.7 Å². The van der Waals surface area contributed by atoms with E-state index in [0.717, 1.165) is 0 Å². The van der Waals surface area contributed by atoms with Crippen LogP contribution in [-0.2, 0) is 4.79 Å². The average molecular weight is 192 g/mol. The van der Waals surface area contributed by atoms with Crippen LogP contribution >= 0.6 is 0 Å². The van der Waals surface area contributed by atoms with E-state index < -0.39 is 6.04 Å². The Labute approximate surface area is 82.3 Å². The molecule has 1 aromatic rings. The summed E-state index contributed by atoms with van der Waals surface area (Å²) in [5.41, 5.74) is 0.508. The summed E-state index contributed by atoms with van der Waals surface area (Å²) >= 11 is 0. The number of carbonyl (C=O) groups is 2. The largest absolute Gasteiger partial charge is 0.343 e. The highest BCUT2D eigenvalue weighted by atomic mass is 16.2. The maximum Gasteiger partial charge on any atom is 0.251 e. The third kappa shape index (κ3) is 2.65. The van der Waals surface area contributed by atoms with Crippen molar-refractivity contribution >= 4 is 11.7 Å². The van der Waals surface area contributed by atoms with Gasteiger partial charge in [0.2, 0.25) is 0 Å². The second-order valence-corrected chi connectivity index (χ2v) is 3.04. The van der Waals surface area contributed by atoms with Gasteiger partial charge in [0.05, 0.1) is 6.04 Å². The van der Waals surface area contributed by atoms with Gasteiger partial charge in [-0.1, -0.05) is 0 Å². The maximum absolute atomic E-state index is 11.5. The van der Waals surface area contributed by atoms with Gasteiger partial charge in [0, 0.05) is 18.0 Å². The fourth-order valence-corrected chi connectivity index (χ4v) is 0.885. The highest BCUT2D eigenvalue weighted by molar-refractivity contribution is 5.97. The molecule has 0 radical (unpaired) electrons. The molecule has 0 aliphatic heterocycles. The Morgan fingerprint density at radius 1 is 1.36 bits per heavy atom. The number of nitrogens with one attached hydrogen (secondary N) is 1. The van der Waals surface area contributed by atoms with Crippen molar-refractivity contribution in [3.63, 3.8) is 0 Å². The molecule has 1 aromatic heterocycles. The second-order valence-electron chi connectivity index (χ2n) is 3.04. The third-order valence-electron chi connectivity index (χ3n) is 1.90. The molecular formula is C10H12N2O2. The number of hydrogen-bond donors (Lipinski definition) is 1. The van der Waals surface area contributed by atoms with E-state index in [1.807, 2.05) is 0 Å². The summed E-state index contributed by atoms with van der Waals surface area (Å²) in [6.45, 7) is 3.10. The molecule has 1 amide bonds. The predicted molar refractivity (Wildman–Crippen MR) is 51.8 cm³/mol. The Kier molecular flexibility index (Phi) is 3.34. The summed E-state index contributed by atoms with van der Waals surface area (Å²) in [6, 6.07) is 2.75. The highest BCUT2D eigenvalue weighted by Crippen LogP contribution is 1.96. The second kappa shape index (κ2) is 4.50. The standard InChI is InChI=1S/C10H12N2O2/c1-7(8(2)13)12-10(14)9-3-5-11-6-4-9/h3-7H,1-2H3,(H,12,14). The maximum atomic E-state index is 11.5. The normalized spacial score (nSPS) is 11.9. The first kappa shape index (κ1) is 10.4. The molecule has 0 spiro atoms. The quantitative estimate of drug-likeness (QED) is 0.770. The van der Waals surface area contributed by atoms with Gasteiger partial charge in [0.15, 0.2) is 5.78 Å². The lowest BCUT2D eigenvalue weighted by atomic mass is 10.2. The van der Waals surface area contributed by atoms with Crippen molar-refractivity contribution < 1.29 is 9.59 Å². The summed E-state index contributed by atoms with van der Waals surface area (Å²) in [5, 5.41) is 2.58. The minimum absolute atomic E-state index is 0.0626. The van der Waals surface area contributed by atoms with Gasteiger partial charge in [-0.05, 0) is 26.0 Å². The van der Waals surface area contributed by atoms with Crippen molar-refractivity contribution in [3.8, 4) is 0 Å². The Morgan fingerprint density at radius 3 is 2.43 bits per heavy atom. The molecular weight excluding hydrogens is 180 g/mol. The first-order valence-electron chi connectivity index (χ1n) is 4.32. The van der Waals surface area contributed by atoms with E-state index in [1.54, 1.807) is 19.1 Å². The first-order valence-corrected chi connectivity index (χ1v) is 4.32. The predicted octanol–water partition coefficient (Wildman–Crippen LogP) is 0.789. The lowest BCUT2D eigenvalue weighted by Gasteiger charge is -2.09. The van der Waals surface area contributed by atoms with E-state index in [4.69, 9.17) is 0 Å². The molecule has 1 heterocycles. The molecule has 0 aromatic carbocycles. The number of rotatable bonds is 3. The Hall–Kier alpha value is -1.71. The molecule has 0 bridgehead atoms. The summed E-state index contributed by atoms with van der Waals surface area (Å²) in [5.74, 6) is -0.317. The SMILES string of the molecule is CC(=O)C(C)NC(=O)c1ccncc1. The van der Waals surface area contributed by atoms with E-state index in [1.165, 1.54) is 19.3 Å². The molecule has 1 atom stereocenters. The van der Waals surface area contributed by atoms with Gasteiger partial charge in [-0.2, -0.15) is 0 Å². The van der Waals surface area contributed by atoms with Gasteiger partial charge in [0.1, 0.15) is 0 Å².